The molecule has 2 nitrogen and oxygen atoms in total. The minimum Gasteiger partial charge on any atom is -0.375 e. The lowest BCUT2D eigenvalue weighted by Gasteiger charge is -2.26. The Morgan fingerprint density at radius 1 is 1.55 bits per heavy atom. The Bertz CT molecular complexity index is 160. The van der Waals surface area contributed by atoms with E-state index in [0.717, 1.165) is 0 Å². The molecule has 6 heteroatoms. The topological polar surface area (TPSA) is 21.3 Å². The highest BCUT2D eigenvalue weighted by Gasteiger charge is 2.42. The largest absolute Gasteiger partial charge is 0.416 e. The quantitative estimate of drug-likeness (QED) is 0.566. The monoisotopic (exact) mass is 185 g/mol. The van der Waals surface area contributed by atoms with E-state index in [1.54, 1.807) is 0 Å². The normalized spacial score (nSPS) is 26.5. The van der Waals surface area contributed by atoms with Crippen LogP contribution in [0.2, 0.25) is 0 Å². The second-order valence-corrected chi connectivity index (χ2v) is 2.64. The Morgan fingerprint density at radius 2 is 2.18 bits per heavy atom. The van der Waals surface area contributed by atoms with Gasteiger partial charge in [-0.1, -0.05) is 12.2 Å². The maximum absolute atomic E-state index is 11.9. The van der Waals surface area contributed by atoms with Crippen LogP contribution in [0, 0.1) is 0 Å². The molecular weight excluding hydrogens is 179 g/mol. The van der Waals surface area contributed by atoms with Gasteiger partial charge in [0.25, 0.3) is 0 Å². The Hall–Kier alpha value is -0.360. The summed E-state index contributed by atoms with van der Waals surface area (Å²) < 4.78 is 40.0. The molecule has 0 amide bonds. The maximum atomic E-state index is 11.9. The maximum Gasteiger partial charge on any atom is 0.416 e. The van der Waals surface area contributed by atoms with E-state index >= 15 is 0 Å². The minimum atomic E-state index is -4.29. The third kappa shape index (κ3) is 2.30. The highest BCUT2D eigenvalue weighted by Crippen LogP contribution is 2.23. The fourth-order valence-electron chi connectivity index (χ4n) is 0.703. The molecule has 0 radical (unpaired) electrons. The van der Waals surface area contributed by atoms with Gasteiger partial charge in [0.1, 0.15) is 4.99 Å². The van der Waals surface area contributed by atoms with Gasteiger partial charge < -0.3 is 10.1 Å². The predicted molar refractivity (Wildman–Crippen MR) is 36.4 cm³/mol. The van der Waals surface area contributed by atoms with E-state index in [2.05, 4.69) is 22.3 Å². The summed E-state index contributed by atoms with van der Waals surface area (Å²) in [5, 5.41) is 2.43. The number of alkyl halides is 3. The third-order valence-corrected chi connectivity index (χ3v) is 1.53. The second-order valence-electron chi connectivity index (χ2n) is 2.15. The lowest BCUT2D eigenvalue weighted by atomic mass is 10.3. The van der Waals surface area contributed by atoms with E-state index < -0.39 is 12.3 Å². The fraction of sp³-hybridized carbons (Fsp3) is 0.800. The van der Waals surface area contributed by atoms with Crippen LogP contribution >= 0.6 is 12.2 Å². The molecule has 0 aromatic rings. The molecule has 0 aromatic carbocycles. The molecule has 0 aliphatic carbocycles. The van der Waals surface area contributed by atoms with Gasteiger partial charge >= 0.3 is 6.18 Å². The average Bonchev–Trinajstić information content (AvgIpc) is 1.86. The van der Waals surface area contributed by atoms with E-state index in [0.29, 0.717) is 4.99 Å². The zero-order valence-corrected chi connectivity index (χ0v) is 6.26. The van der Waals surface area contributed by atoms with Gasteiger partial charge in [0.15, 0.2) is 6.10 Å². The first-order chi connectivity index (χ1) is 5.00. The van der Waals surface area contributed by atoms with Gasteiger partial charge in [-0.05, 0) is 0 Å². The number of rotatable bonds is 0. The highest BCUT2D eigenvalue weighted by molar-refractivity contribution is 7.80. The molecular formula is C5H6F3NOS. The van der Waals surface area contributed by atoms with Crippen molar-refractivity contribution in [3.63, 3.8) is 0 Å². The molecule has 11 heavy (non-hydrogen) atoms. The molecule has 1 atom stereocenters. The van der Waals surface area contributed by atoms with Crippen molar-refractivity contribution >= 4 is 17.2 Å². The van der Waals surface area contributed by atoms with Crippen LogP contribution in [0.4, 0.5) is 13.2 Å². The Kier molecular flexibility index (Phi) is 2.34. The summed E-state index contributed by atoms with van der Waals surface area (Å²) in [6.45, 7) is -0.415. The van der Waals surface area contributed by atoms with Crippen molar-refractivity contribution in [1.29, 1.82) is 0 Å². The number of ether oxygens (including phenoxy) is 1. The number of nitrogens with one attached hydrogen (secondary N) is 1. The Labute approximate surface area is 66.7 Å². The van der Waals surface area contributed by atoms with Gasteiger partial charge in [0.05, 0.1) is 13.2 Å². The van der Waals surface area contributed by atoms with Crippen molar-refractivity contribution in [1.82, 2.24) is 5.32 Å². The molecule has 1 rings (SSSR count). The SMILES string of the molecule is FC(F)(F)[C@H]1CNC(=S)CO1. The molecule has 1 heterocycles. The molecule has 1 saturated heterocycles. The first kappa shape index (κ1) is 8.73. The Balaban J connectivity index is 2.45. The van der Waals surface area contributed by atoms with Crippen molar-refractivity contribution in [2.75, 3.05) is 13.2 Å². The second kappa shape index (κ2) is 2.94. The molecule has 0 saturated carbocycles. The van der Waals surface area contributed by atoms with Crippen LogP contribution in [0.1, 0.15) is 0 Å². The van der Waals surface area contributed by atoms with Gasteiger partial charge in [0.2, 0.25) is 0 Å². The summed E-state index contributed by atoms with van der Waals surface area (Å²) in [6, 6.07) is 0. The van der Waals surface area contributed by atoms with Crippen LogP contribution in [0.15, 0.2) is 0 Å². The first-order valence-corrected chi connectivity index (χ1v) is 3.36. The van der Waals surface area contributed by atoms with Gasteiger partial charge in [-0.25, -0.2) is 0 Å². The zero-order chi connectivity index (χ0) is 8.48. The molecule has 0 unspecified atom stereocenters. The van der Waals surface area contributed by atoms with Crippen molar-refractivity contribution in [3.8, 4) is 0 Å². The molecule has 64 valence electrons. The van der Waals surface area contributed by atoms with E-state index in [-0.39, 0.29) is 13.2 Å². The first-order valence-electron chi connectivity index (χ1n) is 2.95. The number of hydrogen-bond donors (Lipinski definition) is 1. The molecule has 0 bridgehead atoms. The van der Waals surface area contributed by atoms with Gasteiger partial charge in [-0.3, -0.25) is 0 Å². The van der Waals surface area contributed by atoms with Crippen molar-refractivity contribution in [3.05, 3.63) is 0 Å². The summed E-state index contributed by atoms with van der Waals surface area (Å²) in [7, 11) is 0. The number of halogens is 3. The minimum absolute atomic E-state index is 0.139. The van der Waals surface area contributed by atoms with Crippen LogP contribution in [-0.2, 0) is 4.74 Å². The lowest BCUT2D eigenvalue weighted by molar-refractivity contribution is -0.216. The molecule has 0 aromatic heterocycles. The predicted octanol–water partition coefficient (Wildman–Crippen LogP) is 0.864. The summed E-state index contributed by atoms with van der Waals surface area (Å²) >= 11 is 4.58. The van der Waals surface area contributed by atoms with Crippen LogP contribution in [0.25, 0.3) is 0 Å². The average molecular weight is 185 g/mol. The lowest BCUT2D eigenvalue weighted by Crippen LogP contribution is -2.48. The van der Waals surface area contributed by atoms with Crippen LogP contribution in [0.3, 0.4) is 0 Å². The summed E-state index contributed by atoms with van der Waals surface area (Å²) in [5.74, 6) is 0. The van der Waals surface area contributed by atoms with Crippen LogP contribution in [0.5, 0.6) is 0 Å². The molecule has 0 spiro atoms. The Morgan fingerprint density at radius 3 is 2.55 bits per heavy atom. The zero-order valence-electron chi connectivity index (χ0n) is 5.44. The van der Waals surface area contributed by atoms with Crippen molar-refractivity contribution in [2.24, 2.45) is 0 Å². The molecule has 1 aliphatic heterocycles. The van der Waals surface area contributed by atoms with Gasteiger partial charge in [0, 0.05) is 0 Å². The van der Waals surface area contributed by atoms with Crippen LogP contribution < -0.4 is 5.32 Å². The summed E-state index contributed by atoms with van der Waals surface area (Å²) in [4.78, 5) is 0.325. The van der Waals surface area contributed by atoms with Crippen LogP contribution in [-0.4, -0.2) is 30.4 Å². The summed E-state index contributed by atoms with van der Waals surface area (Å²) in [6.07, 6.45) is -6.00. The third-order valence-electron chi connectivity index (χ3n) is 1.27. The van der Waals surface area contributed by atoms with E-state index in [1.165, 1.54) is 0 Å². The molecule has 1 N–H and O–H groups in total. The number of hydrogen-bond acceptors (Lipinski definition) is 2. The van der Waals surface area contributed by atoms with Crippen molar-refractivity contribution < 1.29 is 17.9 Å². The van der Waals surface area contributed by atoms with Gasteiger partial charge in [-0.15, -0.1) is 0 Å². The molecule has 1 fully saturated rings. The summed E-state index contributed by atoms with van der Waals surface area (Å²) in [5.41, 5.74) is 0. The molecule has 1 aliphatic rings. The van der Waals surface area contributed by atoms with E-state index in [4.69, 9.17) is 0 Å². The fourth-order valence-corrected chi connectivity index (χ4v) is 0.854. The van der Waals surface area contributed by atoms with Crippen molar-refractivity contribution in [2.45, 2.75) is 12.3 Å². The van der Waals surface area contributed by atoms with E-state index in [1.807, 2.05) is 0 Å². The number of thiocarbonyl (C=S) groups is 1. The highest BCUT2D eigenvalue weighted by atomic mass is 32.1. The van der Waals surface area contributed by atoms with E-state index in [9.17, 15) is 13.2 Å². The number of morpholine rings is 1. The standard InChI is InChI=1S/C5H6F3NOS/c6-5(7,8)3-1-9-4(11)2-10-3/h3H,1-2H2,(H,9,11)/t3-/m1/s1. The smallest absolute Gasteiger partial charge is 0.375 e. The van der Waals surface area contributed by atoms with Gasteiger partial charge in [-0.2, -0.15) is 13.2 Å².